The predicted octanol–water partition coefficient (Wildman–Crippen LogP) is 4.36. The van der Waals surface area contributed by atoms with Crippen LogP contribution < -0.4 is 14.8 Å². The van der Waals surface area contributed by atoms with Gasteiger partial charge in [0.15, 0.2) is 17.3 Å². The summed E-state index contributed by atoms with van der Waals surface area (Å²) in [4.78, 5) is 12.6. The van der Waals surface area contributed by atoms with Crippen LogP contribution in [0.25, 0.3) is 17.5 Å². The number of benzene rings is 2. The number of carbonyl (C=O) groups excluding carboxylic acids is 1. The Bertz CT molecular complexity index is 1170. The molecule has 31 heavy (non-hydrogen) atoms. The highest BCUT2D eigenvalue weighted by Crippen LogP contribution is 2.33. The molecule has 1 amide bonds. The summed E-state index contributed by atoms with van der Waals surface area (Å²) >= 11 is 0. The molecule has 1 aromatic heterocycles. The number of aromatic nitrogens is 3. The van der Waals surface area contributed by atoms with Crippen LogP contribution in [0.1, 0.15) is 36.2 Å². The van der Waals surface area contributed by atoms with Crippen molar-refractivity contribution in [1.29, 1.82) is 0 Å². The van der Waals surface area contributed by atoms with Crippen molar-refractivity contribution in [2.24, 2.45) is 0 Å². The Kier molecular flexibility index (Phi) is 5.16. The van der Waals surface area contributed by atoms with E-state index in [1.165, 1.54) is 12.5 Å². The molecule has 0 aliphatic carbocycles. The zero-order chi connectivity index (χ0) is 21.2. The van der Waals surface area contributed by atoms with Crippen LogP contribution in [-0.2, 0) is 17.8 Å². The third-order valence-electron chi connectivity index (χ3n) is 5.69. The topological polar surface area (TPSA) is 78.3 Å². The van der Waals surface area contributed by atoms with E-state index in [-0.39, 0.29) is 12.7 Å². The lowest BCUT2D eigenvalue weighted by atomic mass is 10.1. The van der Waals surface area contributed by atoms with Crippen LogP contribution in [0.5, 0.6) is 11.5 Å². The van der Waals surface area contributed by atoms with Gasteiger partial charge in [0.05, 0.1) is 0 Å². The maximum Gasteiger partial charge on any atom is 0.248 e. The summed E-state index contributed by atoms with van der Waals surface area (Å²) in [7, 11) is 0. The Hall–Kier alpha value is -3.61. The van der Waals surface area contributed by atoms with E-state index in [1.54, 1.807) is 6.08 Å². The summed E-state index contributed by atoms with van der Waals surface area (Å²) in [5, 5.41) is 11.8. The average molecular weight is 416 g/mol. The highest BCUT2D eigenvalue weighted by atomic mass is 16.7. The molecule has 0 saturated heterocycles. The molecule has 0 bridgehead atoms. The maximum atomic E-state index is 12.6. The highest BCUT2D eigenvalue weighted by molar-refractivity contribution is 6.02. The van der Waals surface area contributed by atoms with Crippen molar-refractivity contribution in [3.8, 4) is 22.9 Å². The van der Waals surface area contributed by atoms with Gasteiger partial charge in [-0.05, 0) is 55.2 Å². The molecular weight excluding hydrogens is 392 g/mol. The first-order valence-electron chi connectivity index (χ1n) is 10.6. The lowest BCUT2D eigenvalue weighted by molar-refractivity contribution is -0.111. The molecule has 0 atom stereocenters. The van der Waals surface area contributed by atoms with Gasteiger partial charge in [0.25, 0.3) is 0 Å². The average Bonchev–Trinajstić information content (AvgIpc) is 3.34. The summed E-state index contributed by atoms with van der Waals surface area (Å²) in [6.45, 7) is 3.14. The molecule has 7 heteroatoms. The molecule has 5 rings (SSSR count). The van der Waals surface area contributed by atoms with Crippen molar-refractivity contribution < 1.29 is 14.3 Å². The second-order valence-corrected chi connectivity index (χ2v) is 7.87. The van der Waals surface area contributed by atoms with E-state index >= 15 is 0 Å². The first-order chi connectivity index (χ1) is 15.2. The molecule has 0 saturated carbocycles. The third-order valence-corrected chi connectivity index (χ3v) is 5.69. The van der Waals surface area contributed by atoms with Gasteiger partial charge >= 0.3 is 0 Å². The number of anilines is 1. The lowest BCUT2D eigenvalue weighted by Crippen LogP contribution is -2.09. The van der Waals surface area contributed by atoms with E-state index in [4.69, 9.17) is 9.47 Å². The van der Waals surface area contributed by atoms with Gasteiger partial charge < -0.3 is 19.4 Å². The third kappa shape index (κ3) is 4.03. The SMILES string of the molecule is Cc1ccc(-c2nnc3n2CCCCC3)cc1NC(=O)/C=C/c1ccc2c(c1)OCO2. The number of hydrogen-bond donors (Lipinski definition) is 1. The second-order valence-electron chi connectivity index (χ2n) is 7.87. The fourth-order valence-electron chi connectivity index (χ4n) is 3.96. The minimum Gasteiger partial charge on any atom is -0.454 e. The fourth-order valence-corrected chi connectivity index (χ4v) is 3.96. The standard InChI is InChI=1S/C24H24N4O3/c1-16-6-9-18(24-27-26-22-5-3-2-4-12-28(22)24)14-19(16)25-23(29)11-8-17-7-10-20-21(13-17)31-15-30-20/h6-11,13-14H,2-5,12,15H2,1H3,(H,25,29)/b11-8+. The minimum absolute atomic E-state index is 0.196. The van der Waals surface area contributed by atoms with E-state index in [1.807, 2.05) is 43.3 Å². The first kappa shape index (κ1) is 19.4. The highest BCUT2D eigenvalue weighted by Gasteiger charge is 2.17. The fraction of sp³-hybridized carbons (Fsp3) is 0.292. The molecule has 0 fully saturated rings. The second kappa shape index (κ2) is 8.26. The molecule has 7 nitrogen and oxygen atoms in total. The number of fused-ring (bicyclic) bond motifs is 2. The molecule has 0 spiro atoms. The van der Waals surface area contributed by atoms with E-state index in [2.05, 4.69) is 20.1 Å². The largest absolute Gasteiger partial charge is 0.454 e. The molecule has 2 aliphatic rings. The quantitative estimate of drug-likeness (QED) is 0.640. The Labute approximate surface area is 180 Å². The summed E-state index contributed by atoms with van der Waals surface area (Å²) in [6.07, 6.45) is 7.75. The summed E-state index contributed by atoms with van der Waals surface area (Å²) in [6, 6.07) is 11.6. The number of amides is 1. The minimum atomic E-state index is -0.196. The molecule has 2 aliphatic heterocycles. The van der Waals surface area contributed by atoms with Gasteiger partial charge in [-0.3, -0.25) is 4.79 Å². The van der Waals surface area contributed by atoms with Gasteiger partial charge in [-0.15, -0.1) is 10.2 Å². The van der Waals surface area contributed by atoms with Gasteiger partial charge in [-0.25, -0.2) is 0 Å². The van der Waals surface area contributed by atoms with Crippen molar-refractivity contribution in [3.63, 3.8) is 0 Å². The van der Waals surface area contributed by atoms with Crippen molar-refractivity contribution in [1.82, 2.24) is 14.8 Å². The molecule has 0 unspecified atom stereocenters. The number of carbonyl (C=O) groups is 1. The molecular formula is C24H24N4O3. The zero-order valence-corrected chi connectivity index (χ0v) is 17.4. The number of nitrogens with zero attached hydrogens (tertiary/aromatic N) is 3. The van der Waals surface area contributed by atoms with Crippen LogP contribution in [0.4, 0.5) is 5.69 Å². The van der Waals surface area contributed by atoms with Crippen molar-refractivity contribution in [2.45, 2.75) is 39.2 Å². The Balaban J connectivity index is 1.34. The normalized spacial score (nSPS) is 15.0. The van der Waals surface area contributed by atoms with E-state index in [0.717, 1.165) is 65.6 Å². The number of aryl methyl sites for hydroxylation is 2. The van der Waals surface area contributed by atoms with Crippen LogP contribution in [-0.4, -0.2) is 27.5 Å². The Morgan fingerprint density at radius 3 is 2.90 bits per heavy atom. The Morgan fingerprint density at radius 1 is 1.06 bits per heavy atom. The number of nitrogens with one attached hydrogen (secondary N) is 1. The predicted molar refractivity (Wildman–Crippen MR) is 118 cm³/mol. The number of rotatable bonds is 4. The van der Waals surface area contributed by atoms with Crippen LogP contribution >= 0.6 is 0 Å². The number of hydrogen-bond acceptors (Lipinski definition) is 5. The van der Waals surface area contributed by atoms with Crippen LogP contribution in [0.15, 0.2) is 42.5 Å². The lowest BCUT2D eigenvalue weighted by Gasteiger charge is -2.11. The maximum absolute atomic E-state index is 12.6. The van der Waals surface area contributed by atoms with Crippen LogP contribution in [0, 0.1) is 6.92 Å². The molecule has 0 radical (unpaired) electrons. The molecule has 158 valence electrons. The van der Waals surface area contributed by atoms with Gasteiger partial charge in [0.2, 0.25) is 12.7 Å². The summed E-state index contributed by atoms with van der Waals surface area (Å²) in [5.41, 5.74) is 3.59. The van der Waals surface area contributed by atoms with Crippen molar-refractivity contribution >= 4 is 17.7 Å². The van der Waals surface area contributed by atoms with E-state index in [9.17, 15) is 4.79 Å². The molecule has 1 N–H and O–H groups in total. The summed E-state index contributed by atoms with van der Waals surface area (Å²) < 4.78 is 12.9. The first-order valence-corrected chi connectivity index (χ1v) is 10.6. The molecule has 3 aromatic rings. The van der Waals surface area contributed by atoms with E-state index < -0.39 is 0 Å². The molecule has 2 aromatic carbocycles. The molecule has 3 heterocycles. The zero-order valence-electron chi connectivity index (χ0n) is 17.4. The van der Waals surface area contributed by atoms with E-state index in [0.29, 0.717) is 5.75 Å². The van der Waals surface area contributed by atoms with Crippen LogP contribution in [0.2, 0.25) is 0 Å². The van der Waals surface area contributed by atoms with Gasteiger partial charge in [0, 0.05) is 30.3 Å². The monoisotopic (exact) mass is 416 g/mol. The van der Waals surface area contributed by atoms with Gasteiger partial charge in [0.1, 0.15) is 5.82 Å². The number of ether oxygens (including phenoxy) is 2. The van der Waals surface area contributed by atoms with Crippen molar-refractivity contribution in [3.05, 3.63) is 59.4 Å². The van der Waals surface area contributed by atoms with Crippen LogP contribution in [0.3, 0.4) is 0 Å². The smallest absolute Gasteiger partial charge is 0.248 e. The summed E-state index contributed by atoms with van der Waals surface area (Å²) in [5.74, 6) is 3.13. The van der Waals surface area contributed by atoms with Gasteiger partial charge in [-0.2, -0.15) is 0 Å². The Morgan fingerprint density at radius 2 is 1.97 bits per heavy atom. The van der Waals surface area contributed by atoms with Crippen molar-refractivity contribution in [2.75, 3.05) is 12.1 Å². The van der Waals surface area contributed by atoms with Gasteiger partial charge in [-0.1, -0.05) is 24.6 Å².